The Labute approximate surface area is 168 Å². The normalized spacial score (nSPS) is 12.4. The van der Waals surface area contributed by atoms with Gasteiger partial charge in [0.15, 0.2) is 6.10 Å². The quantitative estimate of drug-likeness (QED) is 0.614. The molecule has 0 fully saturated rings. The molecule has 2 aromatic rings. The van der Waals surface area contributed by atoms with E-state index in [0.29, 0.717) is 16.8 Å². The van der Waals surface area contributed by atoms with Gasteiger partial charge in [-0.25, -0.2) is 4.79 Å². The molecule has 2 atom stereocenters. The number of nitrogens with two attached hydrogens (primary N) is 1. The second-order valence-corrected chi connectivity index (χ2v) is 6.57. The Morgan fingerprint density at radius 3 is 2.21 bits per heavy atom. The van der Waals surface area contributed by atoms with Crippen molar-refractivity contribution < 1.29 is 23.9 Å². The number of benzene rings is 2. The van der Waals surface area contributed by atoms with Crippen LogP contribution in [-0.2, 0) is 14.3 Å². The van der Waals surface area contributed by atoms with Gasteiger partial charge in [-0.1, -0.05) is 17.7 Å². The monoisotopic (exact) mass is 397 g/mol. The van der Waals surface area contributed by atoms with Crippen LogP contribution in [0.3, 0.4) is 0 Å². The summed E-state index contributed by atoms with van der Waals surface area (Å²) in [4.78, 5) is 47.7. The number of esters is 1. The molecule has 29 heavy (non-hydrogen) atoms. The van der Waals surface area contributed by atoms with Crippen LogP contribution in [0.2, 0.25) is 0 Å². The molecule has 0 saturated heterocycles. The molecule has 0 aliphatic carbocycles. The fourth-order valence-electron chi connectivity index (χ4n) is 2.42. The number of primary amides is 1. The van der Waals surface area contributed by atoms with E-state index in [4.69, 9.17) is 10.5 Å². The van der Waals surface area contributed by atoms with Crippen molar-refractivity contribution in [1.82, 2.24) is 5.32 Å². The van der Waals surface area contributed by atoms with Crippen LogP contribution < -0.4 is 16.4 Å². The molecule has 4 N–H and O–H groups in total. The number of aryl methyl sites for hydroxylation is 1. The molecular weight excluding hydrogens is 374 g/mol. The van der Waals surface area contributed by atoms with Crippen molar-refractivity contribution in [3.8, 4) is 0 Å². The van der Waals surface area contributed by atoms with Gasteiger partial charge in [0.25, 0.3) is 11.8 Å². The number of rotatable bonds is 7. The molecule has 0 unspecified atom stereocenters. The van der Waals surface area contributed by atoms with Crippen LogP contribution in [0.15, 0.2) is 48.5 Å². The highest BCUT2D eigenvalue weighted by Crippen LogP contribution is 2.11. The highest BCUT2D eigenvalue weighted by atomic mass is 16.5. The van der Waals surface area contributed by atoms with E-state index in [0.717, 1.165) is 5.56 Å². The second-order valence-electron chi connectivity index (χ2n) is 6.57. The van der Waals surface area contributed by atoms with E-state index in [2.05, 4.69) is 10.6 Å². The van der Waals surface area contributed by atoms with Crippen molar-refractivity contribution in [3.63, 3.8) is 0 Å². The molecular formula is C21H23N3O5. The van der Waals surface area contributed by atoms with E-state index in [1.54, 1.807) is 18.2 Å². The van der Waals surface area contributed by atoms with E-state index < -0.39 is 35.8 Å². The molecule has 8 heteroatoms. The third-order valence-electron chi connectivity index (χ3n) is 4.08. The Kier molecular flexibility index (Phi) is 7.08. The molecule has 8 nitrogen and oxygen atoms in total. The Morgan fingerprint density at radius 1 is 0.966 bits per heavy atom. The summed E-state index contributed by atoms with van der Waals surface area (Å²) in [6.45, 7) is 4.75. The summed E-state index contributed by atoms with van der Waals surface area (Å²) >= 11 is 0. The van der Waals surface area contributed by atoms with Crippen molar-refractivity contribution in [3.05, 3.63) is 65.2 Å². The summed E-state index contributed by atoms with van der Waals surface area (Å²) in [7, 11) is 0. The van der Waals surface area contributed by atoms with Crippen LogP contribution >= 0.6 is 0 Å². The average Bonchev–Trinajstić information content (AvgIpc) is 2.68. The Hall–Kier alpha value is -3.68. The first kappa shape index (κ1) is 21.6. The summed E-state index contributed by atoms with van der Waals surface area (Å²) in [5, 5.41) is 5.11. The predicted octanol–water partition coefficient (Wildman–Crippen LogP) is 1.78. The summed E-state index contributed by atoms with van der Waals surface area (Å²) in [6, 6.07) is 12.0. The number of hydrogen-bond acceptors (Lipinski definition) is 5. The minimum atomic E-state index is -1.09. The molecule has 2 aromatic carbocycles. The summed E-state index contributed by atoms with van der Waals surface area (Å²) in [5.41, 5.74) is 7.23. The lowest BCUT2D eigenvalue weighted by Gasteiger charge is -2.17. The second kappa shape index (κ2) is 9.50. The van der Waals surface area contributed by atoms with Gasteiger partial charge in [0.05, 0.1) is 0 Å². The Balaban J connectivity index is 1.88. The van der Waals surface area contributed by atoms with Crippen molar-refractivity contribution in [2.45, 2.75) is 32.9 Å². The van der Waals surface area contributed by atoms with Crippen molar-refractivity contribution >= 4 is 29.4 Å². The van der Waals surface area contributed by atoms with E-state index in [1.807, 2.05) is 13.0 Å². The fourth-order valence-corrected chi connectivity index (χ4v) is 2.42. The summed E-state index contributed by atoms with van der Waals surface area (Å²) < 4.78 is 5.13. The highest BCUT2D eigenvalue weighted by molar-refractivity contribution is 5.98. The van der Waals surface area contributed by atoms with E-state index in [9.17, 15) is 19.2 Å². The van der Waals surface area contributed by atoms with E-state index in [-0.39, 0.29) is 0 Å². The van der Waals surface area contributed by atoms with Crippen LogP contribution in [0.4, 0.5) is 5.69 Å². The van der Waals surface area contributed by atoms with E-state index >= 15 is 0 Å². The van der Waals surface area contributed by atoms with Crippen molar-refractivity contribution in [2.24, 2.45) is 5.73 Å². The molecule has 3 amide bonds. The van der Waals surface area contributed by atoms with E-state index in [1.165, 1.54) is 38.1 Å². The standard InChI is InChI=1S/C21H23N3O5/c1-12-5-4-6-16(11-12)20(27)23-13(2)21(28)29-14(3)19(26)24-17-9-7-15(8-10-17)18(22)25/h4-11,13-14H,1-3H3,(H2,22,25)(H,23,27)(H,24,26)/t13-,14+/m0/s1. The third-order valence-corrected chi connectivity index (χ3v) is 4.08. The molecule has 0 saturated carbocycles. The van der Waals surface area contributed by atoms with Gasteiger partial charge in [0.2, 0.25) is 5.91 Å². The van der Waals surface area contributed by atoms with Gasteiger partial charge in [-0.15, -0.1) is 0 Å². The molecule has 0 spiro atoms. The molecule has 0 bridgehead atoms. The number of nitrogens with one attached hydrogen (secondary N) is 2. The van der Waals surface area contributed by atoms with Gasteiger partial charge >= 0.3 is 5.97 Å². The first-order valence-electron chi connectivity index (χ1n) is 8.96. The van der Waals surface area contributed by atoms with Crippen LogP contribution in [-0.4, -0.2) is 35.8 Å². The molecule has 0 aromatic heterocycles. The predicted molar refractivity (Wildman–Crippen MR) is 107 cm³/mol. The number of carbonyl (C=O) groups excluding carboxylic acids is 4. The molecule has 0 radical (unpaired) electrons. The van der Waals surface area contributed by atoms with Gasteiger partial charge in [-0.3, -0.25) is 14.4 Å². The van der Waals surface area contributed by atoms with Gasteiger partial charge in [-0.2, -0.15) is 0 Å². The van der Waals surface area contributed by atoms with Gasteiger partial charge in [0.1, 0.15) is 6.04 Å². The minimum absolute atomic E-state index is 0.306. The molecule has 0 heterocycles. The van der Waals surface area contributed by atoms with Crippen LogP contribution in [0, 0.1) is 6.92 Å². The lowest BCUT2D eigenvalue weighted by atomic mass is 10.1. The third kappa shape index (κ3) is 6.17. The lowest BCUT2D eigenvalue weighted by Crippen LogP contribution is -2.42. The molecule has 152 valence electrons. The van der Waals surface area contributed by atoms with Crippen LogP contribution in [0.1, 0.15) is 40.1 Å². The number of ether oxygens (including phenoxy) is 1. The van der Waals surface area contributed by atoms with Crippen molar-refractivity contribution in [2.75, 3.05) is 5.32 Å². The Bertz CT molecular complexity index is 924. The van der Waals surface area contributed by atoms with Crippen LogP contribution in [0.5, 0.6) is 0 Å². The lowest BCUT2D eigenvalue weighted by molar-refractivity contribution is -0.154. The zero-order chi connectivity index (χ0) is 21.6. The first-order chi connectivity index (χ1) is 13.7. The number of hydrogen-bond donors (Lipinski definition) is 3. The first-order valence-corrected chi connectivity index (χ1v) is 8.96. The van der Waals surface area contributed by atoms with Crippen molar-refractivity contribution in [1.29, 1.82) is 0 Å². The topological polar surface area (TPSA) is 128 Å². The zero-order valence-electron chi connectivity index (χ0n) is 16.4. The number of anilines is 1. The SMILES string of the molecule is Cc1cccc(C(=O)N[C@@H](C)C(=O)O[C@H](C)C(=O)Nc2ccc(C(N)=O)cc2)c1. The maximum absolute atomic E-state index is 12.2. The molecule has 2 rings (SSSR count). The van der Waals surface area contributed by atoms with Gasteiger partial charge in [-0.05, 0) is 57.2 Å². The summed E-state index contributed by atoms with van der Waals surface area (Å²) in [6.07, 6.45) is -1.09. The highest BCUT2D eigenvalue weighted by Gasteiger charge is 2.23. The summed E-state index contributed by atoms with van der Waals surface area (Å²) in [5.74, 6) is -2.28. The Morgan fingerprint density at radius 2 is 1.62 bits per heavy atom. The number of carbonyl (C=O) groups is 4. The maximum atomic E-state index is 12.2. The maximum Gasteiger partial charge on any atom is 0.329 e. The minimum Gasteiger partial charge on any atom is -0.451 e. The van der Waals surface area contributed by atoms with Gasteiger partial charge in [0, 0.05) is 16.8 Å². The smallest absolute Gasteiger partial charge is 0.329 e. The van der Waals surface area contributed by atoms with Gasteiger partial charge < -0.3 is 21.1 Å². The average molecular weight is 397 g/mol. The fraction of sp³-hybridized carbons (Fsp3) is 0.238. The molecule has 0 aliphatic heterocycles. The van der Waals surface area contributed by atoms with Crippen LogP contribution in [0.25, 0.3) is 0 Å². The largest absolute Gasteiger partial charge is 0.451 e. The molecule has 0 aliphatic rings. The zero-order valence-corrected chi connectivity index (χ0v) is 16.4. The number of amides is 3.